The Balaban J connectivity index is 3.53. The van der Waals surface area contributed by atoms with Crippen LogP contribution in [0.5, 0.6) is 5.75 Å². The van der Waals surface area contributed by atoms with E-state index in [9.17, 15) is 31.1 Å². The number of esters is 1. The normalized spacial score (nSPS) is 12.2. The SMILES string of the molecule is CCOC(=O)c1c(OC(F)(F)F)cc(C(F)(F)F)nc1CBr. The van der Waals surface area contributed by atoms with Crippen LogP contribution in [0.25, 0.3) is 0 Å². The van der Waals surface area contributed by atoms with Gasteiger partial charge in [0.2, 0.25) is 0 Å². The van der Waals surface area contributed by atoms with Gasteiger partial charge < -0.3 is 9.47 Å². The van der Waals surface area contributed by atoms with Gasteiger partial charge in [-0.05, 0) is 6.92 Å². The first-order valence-electron chi connectivity index (χ1n) is 5.59. The quantitative estimate of drug-likeness (QED) is 0.438. The number of halogens is 7. The van der Waals surface area contributed by atoms with Gasteiger partial charge in [0.15, 0.2) is 0 Å². The van der Waals surface area contributed by atoms with Crippen LogP contribution >= 0.6 is 15.9 Å². The lowest BCUT2D eigenvalue weighted by Crippen LogP contribution is -2.22. The molecule has 124 valence electrons. The summed E-state index contributed by atoms with van der Waals surface area (Å²) in [7, 11) is 0. The van der Waals surface area contributed by atoms with Gasteiger partial charge in [-0.3, -0.25) is 0 Å². The highest BCUT2D eigenvalue weighted by molar-refractivity contribution is 9.08. The average molecular weight is 396 g/mol. The van der Waals surface area contributed by atoms with Gasteiger partial charge in [-0.25, -0.2) is 9.78 Å². The maximum Gasteiger partial charge on any atom is 0.573 e. The molecule has 0 saturated heterocycles. The molecule has 0 N–H and O–H groups in total. The molecule has 0 aromatic carbocycles. The van der Waals surface area contributed by atoms with Crippen LogP contribution in [0, 0.1) is 0 Å². The van der Waals surface area contributed by atoms with Crippen molar-refractivity contribution in [1.82, 2.24) is 4.98 Å². The molecule has 0 amide bonds. The molecule has 0 aliphatic rings. The van der Waals surface area contributed by atoms with Gasteiger partial charge in [0, 0.05) is 11.4 Å². The average Bonchev–Trinajstić information content (AvgIpc) is 2.34. The summed E-state index contributed by atoms with van der Waals surface area (Å²) in [5.74, 6) is -2.58. The first-order chi connectivity index (χ1) is 9.99. The van der Waals surface area contributed by atoms with Crippen LogP contribution in [0.3, 0.4) is 0 Å². The monoisotopic (exact) mass is 395 g/mol. The fourth-order valence-electron chi connectivity index (χ4n) is 1.44. The largest absolute Gasteiger partial charge is 0.573 e. The van der Waals surface area contributed by atoms with E-state index in [0.717, 1.165) is 0 Å². The Labute approximate surface area is 128 Å². The van der Waals surface area contributed by atoms with Crippen molar-refractivity contribution in [2.24, 2.45) is 0 Å². The molecule has 1 aromatic rings. The minimum Gasteiger partial charge on any atom is -0.462 e. The molecule has 1 aromatic heterocycles. The highest BCUT2D eigenvalue weighted by atomic mass is 79.9. The van der Waals surface area contributed by atoms with Crippen LogP contribution in [-0.4, -0.2) is 23.9 Å². The molecule has 0 aliphatic heterocycles. The maximum absolute atomic E-state index is 12.7. The summed E-state index contributed by atoms with van der Waals surface area (Å²) in [5.41, 5.74) is -3.01. The van der Waals surface area contributed by atoms with E-state index in [1.165, 1.54) is 6.92 Å². The number of carbonyl (C=O) groups is 1. The minimum atomic E-state index is -5.28. The molecule has 1 rings (SSSR count). The van der Waals surface area contributed by atoms with E-state index in [4.69, 9.17) is 0 Å². The van der Waals surface area contributed by atoms with Gasteiger partial charge in [0.05, 0.1) is 12.3 Å². The van der Waals surface area contributed by atoms with Crippen LogP contribution < -0.4 is 4.74 Å². The van der Waals surface area contributed by atoms with Gasteiger partial charge >= 0.3 is 18.5 Å². The number of hydrogen-bond donors (Lipinski definition) is 0. The van der Waals surface area contributed by atoms with Gasteiger partial charge in [-0.1, -0.05) is 15.9 Å². The molecule has 0 aliphatic carbocycles. The predicted molar refractivity (Wildman–Crippen MR) is 64.5 cm³/mol. The lowest BCUT2D eigenvalue weighted by Gasteiger charge is -2.17. The molecule has 0 saturated carbocycles. The van der Waals surface area contributed by atoms with Crippen LogP contribution in [0.15, 0.2) is 6.07 Å². The van der Waals surface area contributed by atoms with Crippen LogP contribution in [0.4, 0.5) is 26.3 Å². The summed E-state index contributed by atoms with van der Waals surface area (Å²) in [6.07, 6.45) is -10.3. The Morgan fingerprint density at radius 1 is 1.27 bits per heavy atom. The Morgan fingerprint density at radius 2 is 1.86 bits per heavy atom. The molecule has 0 atom stereocenters. The summed E-state index contributed by atoms with van der Waals surface area (Å²) >= 11 is 2.77. The van der Waals surface area contributed by atoms with Crippen molar-refractivity contribution in [2.75, 3.05) is 6.61 Å². The fraction of sp³-hybridized carbons (Fsp3) is 0.455. The van der Waals surface area contributed by atoms with Crippen LogP contribution in [0.2, 0.25) is 0 Å². The first kappa shape index (κ1) is 18.5. The lowest BCUT2D eigenvalue weighted by molar-refractivity contribution is -0.275. The molecule has 0 fully saturated rings. The number of alkyl halides is 7. The number of aromatic nitrogens is 1. The van der Waals surface area contributed by atoms with Gasteiger partial charge in [0.1, 0.15) is 17.0 Å². The van der Waals surface area contributed by atoms with E-state index in [1.807, 2.05) is 0 Å². The second kappa shape index (κ2) is 6.71. The molecule has 1 heterocycles. The van der Waals surface area contributed by atoms with Crippen molar-refractivity contribution >= 4 is 21.9 Å². The van der Waals surface area contributed by atoms with E-state index in [0.29, 0.717) is 0 Å². The second-order valence-electron chi connectivity index (χ2n) is 3.73. The van der Waals surface area contributed by atoms with E-state index in [2.05, 4.69) is 30.4 Å². The van der Waals surface area contributed by atoms with Crippen molar-refractivity contribution in [1.29, 1.82) is 0 Å². The third kappa shape index (κ3) is 4.75. The Kier molecular flexibility index (Phi) is 5.65. The molecule has 4 nitrogen and oxygen atoms in total. The number of nitrogens with zero attached hydrogens (tertiary/aromatic N) is 1. The highest BCUT2D eigenvalue weighted by Crippen LogP contribution is 2.36. The van der Waals surface area contributed by atoms with Crippen LogP contribution in [0.1, 0.15) is 28.7 Å². The van der Waals surface area contributed by atoms with Gasteiger partial charge in [-0.2, -0.15) is 13.2 Å². The van der Waals surface area contributed by atoms with E-state index in [-0.39, 0.29) is 12.7 Å². The molecule has 11 heteroatoms. The zero-order chi connectivity index (χ0) is 17.1. The second-order valence-corrected chi connectivity index (χ2v) is 4.29. The highest BCUT2D eigenvalue weighted by Gasteiger charge is 2.39. The van der Waals surface area contributed by atoms with Crippen molar-refractivity contribution < 1.29 is 40.6 Å². The molecule has 0 spiro atoms. The van der Waals surface area contributed by atoms with Crippen molar-refractivity contribution in [3.63, 3.8) is 0 Å². The summed E-state index contributed by atoms with van der Waals surface area (Å²) < 4.78 is 83.1. The molecule has 22 heavy (non-hydrogen) atoms. The molecular weight excluding hydrogens is 388 g/mol. The number of ether oxygens (including phenoxy) is 2. The van der Waals surface area contributed by atoms with Crippen molar-refractivity contribution in [2.45, 2.75) is 24.8 Å². The van der Waals surface area contributed by atoms with E-state index < -0.39 is 46.5 Å². The number of rotatable bonds is 4. The van der Waals surface area contributed by atoms with Crippen molar-refractivity contribution in [3.8, 4) is 5.75 Å². The fourth-order valence-corrected chi connectivity index (χ4v) is 1.85. The topological polar surface area (TPSA) is 48.4 Å². The Hall–Kier alpha value is -1.52. The number of pyridine rings is 1. The summed E-state index contributed by atoms with van der Waals surface area (Å²) in [6, 6.07) is 0.00586. The maximum atomic E-state index is 12.7. The molecule has 0 radical (unpaired) electrons. The zero-order valence-corrected chi connectivity index (χ0v) is 12.4. The van der Waals surface area contributed by atoms with Crippen molar-refractivity contribution in [3.05, 3.63) is 23.0 Å². The molecule has 0 unspecified atom stereocenters. The third-order valence-corrected chi connectivity index (χ3v) is 2.71. The van der Waals surface area contributed by atoms with E-state index in [1.54, 1.807) is 0 Å². The Bertz CT molecular complexity index is 558. The zero-order valence-electron chi connectivity index (χ0n) is 10.8. The van der Waals surface area contributed by atoms with Gasteiger partial charge in [0.25, 0.3) is 0 Å². The number of hydrogen-bond acceptors (Lipinski definition) is 4. The van der Waals surface area contributed by atoms with Gasteiger partial charge in [-0.15, -0.1) is 13.2 Å². The van der Waals surface area contributed by atoms with Crippen LogP contribution in [-0.2, 0) is 16.2 Å². The molecule has 0 bridgehead atoms. The standard InChI is InChI=1S/C11H8BrF6NO3/c1-2-21-9(20)8-5(4-12)19-7(10(13,14)15)3-6(8)22-11(16,17)18/h3H,2,4H2,1H3. The first-order valence-corrected chi connectivity index (χ1v) is 6.71. The summed E-state index contributed by atoms with van der Waals surface area (Å²) in [5, 5.41) is -0.403. The smallest absolute Gasteiger partial charge is 0.462 e. The summed E-state index contributed by atoms with van der Waals surface area (Å²) in [4.78, 5) is 14.8. The van der Waals surface area contributed by atoms with E-state index >= 15 is 0 Å². The predicted octanol–water partition coefficient (Wildman–Crippen LogP) is 4.07. The Morgan fingerprint density at radius 3 is 2.27 bits per heavy atom. The third-order valence-electron chi connectivity index (χ3n) is 2.18. The molecular formula is C11H8BrF6NO3. The lowest BCUT2D eigenvalue weighted by atomic mass is 10.1. The number of carbonyl (C=O) groups excluding carboxylic acids is 1. The summed E-state index contributed by atoms with van der Waals surface area (Å²) in [6.45, 7) is 1.19. The minimum absolute atomic E-state index is 0.00586.